The van der Waals surface area contributed by atoms with Crippen molar-refractivity contribution in [3.63, 3.8) is 0 Å². The van der Waals surface area contributed by atoms with Crippen LogP contribution in [0.25, 0.3) is 93.9 Å². The van der Waals surface area contributed by atoms with Crippen molar-refractivity contribution in [1.82, 2.24) is 4.57 Å². The van der Waals surface area contributed by atoms with E-state index in [9.17, 15) is 0 Å². The average molecular weight is 803 g/mol. The zero-order valence-corrected chi connectivity index (χ0v) is 35.2. The molecule has 0 fully saturated rings. The van der Waals surface area contributed by atoms with E-state index in [1.165, 1.54) is 111 Å². The van der Waals surface area contributed by atoms with Crippen molar-refractivity contribution >= 4 is 49.6 Å². The summed E-state index contributed by atoms with van der Waals surface area (Å²) in [6.45, 7) is 4.73. The lowest BCUT2D eigenvalue weighted by Gasteiger charge is -2.29. The molecule has 0 bridgehead atoms. The Bertz CT molecular complexity index is 3600. The summed E-state index contributed by atoms with van der Waals surface area (Å²) < 4.78 is 2.39. The minimum atomic E-state index is -0.112. The Morgan fingerprint density at radius 3 is 1.67 bits per heavy atom. The highest BCUT2D eigenvalue weighted by molar-refractivity contribution is 6.19. The fourth-order valence-corrected chi connectivity index (χ4v) is 10.9. The lowest BCUT2D eigenvalue weighted by Crippen LogP contribution is -2.16. The van der Waals surface area contributed by atoms with Crippen molar-refractivity contribution in [2.24, 2.45) is 0 Å². The molecule has 2 heteroatoms. The molecular weight excluding hydrogens is 761 g/mol. The first-order valence-electron chi connectivity index (χ1n) is 22.0. The smallest absolute Gasteiger partial charge is 0.0547 e. The highest BCUT2D eigenvalue weighted by Gasteiger charge is 2.36. The molecule has 1 heterocycles. The van der Waals surface area contributed by atoms with Crippen molar-refractivity contribution < 1.29 is 0 Å². The van der Waals surface area contributed by atoms with Crippen LogP contribution in [-0.4, -0.2) is 4.57 Å². The number of anilines is 3. The van der Waals surface area contributed by atoms with Gasteiger partial charge in [-0.25, -0.2) is 0 Å². The molecule has 11 aromatic rings. The molecule has 0 N–H and O–H groups in total. The minimum absolute atomic E-state index is 0.112. The Hall–Kier alpha value is -7.94. The van der Waals surface area contributed by atoms with Gasteiger partial charge in [-0.2, -0.15) is 0 Å². The van der Waals surface area contributed by atoms with Gasteiger partial charge in [-0.05, 0) is 127 Å². The van der Waals surface area contributed by atoms with Crippen molar-refractivity contribution in [2.45, 2.75) is 19.3 Å². The Morgan fingerprint density at radius 1 is 0.349 bits per heavy atom. The third-order valence-electron chi connectivity index (χ3n) is 14.0. The topological polar surface area (TPSA) is 8.17 Å². The van der Waals surface area contributed by atoms with E-state index in [1.54, 1.807) is 0 Å². The van der Waals surface area contributed by atoms with Crippen LogP contribution in [-0.2, 0) is 5.41 Å². The summed E-state index contributed by atoms with van der Waals surface area (Å²) in [6.07, 6.45) is 0. The molecule has 1 aromatic heterocycles. The normalized spacial score (nSPS) is 13.0. The Balaban J connectivity index is 0.897. The predicted octanol–water partition coefficient (Wildman–Crippen LogP) is 16.7. The first-order chi connectivity index (χ1) is 31.0. The Labute approximate surface area is 367 Å². The first kappa shape index (κ1) is 35.8. The van der Waals surface area contributed by atoms with Crippen LogP contribution in [0, 0.1) is 0 Å². The molecule has 296 valence electrons. The van der Waals surface area contributed by atoms with Crippen LogP contribution >= 0.6 is 0 Å². The molecule has 0 aliphatic heterocycles. The van der Waals surface area contributed by atoms with E-state index in [0.717, 1.165) is 11.4 Å². The SMILES string of the molecule is CC1(C)c2ccccc2-c2ccc(N(c3ccc(-c4ccc(-c5ccc6c7ccccc7n(-c7ccccc7)c6c5)cc4)cc3)c3ccc4c5c(cccc35)-c3ccccc3-4)cc21. The monoisotopic (exact) mass is 802 g/mol. The molecule has 2 nitrogen and oxygen atoms in total. The van der Waals surface area contributed by atoms with Crippen LogP contribution in [0.4, 0.5) is 17.1 Å². The van der Waals surface area contributed by atoms with Gasteiger partial charge in [0.15, 0.2) is 0 Å². The van der Waals surface area contributed by atoms with Crippen LogP contribution in [0.5, 0.6) is 0 Å². The van der Waals surface area contributed by atoms with Crippen molar-refractivity contribution in [3.05, 3.63) is 230 Å². The van der Waals surface area contributed by atoms with E-state index in [0.29, 0.717) is 0 Å². The predicted molar refractivity (Wildman–Crippen MR) is 266 cm³/mol. The summed E-state index contributed by atoms with van der Waals surface area (Å²) in [5, 5.41) is 5.11. The van der Waals surface area contributed by atoms with Crippen molar-refractivity contribution in [3.8, 4) is 61.3 Å². The molecule has 13 rings (SSSR count). The minimum Gasteiger partial charge on any atom is -0.310 e. The zero-order valence-electron chi connectivity index (χ0n) is 35.2. The van der Waals surface area contributed by atoms with Gasteiger partial charge in [-0.1, -0.05) is 178 Å². The third-order valence-corrected chi connectivity index (χ3v) is 14.0. The molecule has 0 saturated carbocycles. The number of nitrogens with zero attached hydrogens (tertiary/aromatic N) is 2. The average Bonchev–Trinajstić information content (AvgIpc) is 3.93. The molecule has 0 amide bonds. The van der Waals surface area contributed by atoms with Gasteiger partial charge in [0.25, 0.3) is 0 Å². The van der Waals surface area contributed by atoms with E-state index in [2.05, 4.69) is 242 Å². The van der Waals surface area contributed by atoms with Gasteiger partial charge >= 0.3 is 0 Å². The first-order valence-corrected chi connectivity index (χ1v) is 22.0. The van der Waals surface area contributed by atoms with Gasteiger partial charge in [0.05, 0.1) is 16.7 Å². The number of fused-ring (bicyclic) bond motifs is 9. The molecular formula is C61H42N2. The van der Waals surface area contributed by atoms with E-state index >= 15 is 0 Å². The molecule has 0 radical (unpaired) electrons. The second-order valence-corrected chi connectivity index (χ2v) is 17.7. The lowest BCUT2D eigenvalue weighted by atomic mass is 9.82. The summed E-state index contributed by atoms with van der Waals surface area (Å²) in [4.78, 5) is 2.48. The van der Waals surface area contributed by atoms with Crippen LogP contribution in [0.15, 0.2) is 218 Å². The summed E-state index contributed by atoms with van der Waals surface area (Å²) in [5.74, 6) is 0. The fourth-order valence-electron chi connectivity index (χ4n) is 10.9. The summed E-state index contributed by atoms with van der Waals surface area (Å²) in [6, 6.07) is 80.8. The molecule has 0 atom stereocenters. The fraction of sp³-hybridized carbons (Fsp3) is 0.0492. The summed E-state index contributed by atoms with van der Waals surface area (Å²) >= 11 is 0. The molecule has 0 spiro atoms. The number of benzene rings is 10. The maximum Gasteiger partial charge on any atom is 0.0547 e. The summed E-state index contributed by atoms with van der Waals surface area (Å²) in [7, 11) is 0. The van der Waals surface area contributed by atoms with Crippen molar-refractivity contribution in [1.29, 1.82) is 0 Å². The Kier molecular flexibility index (Phi) is 7.68. The quantitative estimate of drug-likeness (QED) is 0.163. The number of aromatic nitrogens is 1. The van der Waals surface area contributed by atoms with Gasteiger partial charge in [0.2, 0.25) is 0 Å². The maximum atomic E-state index is 2.48. The molecule has 2 aliphatic carbocycles. The molecule has 0 unspecified atom stereocenters. The van der Waals surface area contributed by atoms with Gasteiger partial charge in [0.1, 0.15) is 0 Å². The van der Waals surface area contributed by atoms with Gasteiger partial charge in [0, 0.05) is 38.6 Å². The van der Waals surface area contributed by atoms with E-state index in [4.69, 9.17) is 0 Å². The van der Waals surface area contributed by atoms with Gasteiger partial charge in [-0.15, -0.1) is 0 Å². The van der Waals surface area contributed by atoms with E-state index in [1.807, 2.05) is 0 Å². The van der Waals surface area contributed by atoms with Gasteiger partial charge < -0.3 is 9.47 Å². The Morgan fingerprint density at radius 2 is 0.889 bits per heavy atom. The maximum absolute atomic E-state index is 2.48. The molecule has 63 heavy (non-hydrogen) atoms. The van der Waals surface area contributed by atoms with E-state index in [-0.39, 0.29) is 5.41 Å². The number of para-hydroxylation sites is 2. The van der Waals surface area contributed by atoms with E-state index < -0.39 is 0 Å². The van der Waals surface area contributed by atoms with Crippen LogP contribution in [0.1, 0.15) is 25.0 Å². The molecule has 10 aromatic carbocycles. The number of rotatable bonds is 6. The number of hydrogen-bond donors (Lipinski definition) is 0. The lowest BCUT2D eigenvalue weighted by molar-refractivity contribution is 0.660. The second kappa shape index (κ2) is 13.5. The molecule has 2 aliphatic rings. The molecule has 0 saturated heterocycles. The zero-order chi connectivity index (χ0) is 41.8. The third kappa shape index (κ3) is 5.31. The van der Waals surface area contributed by atoms with Crippen LogP contribution < -0.4 is 4.90 Å². The highest BCUT2D eigenvalue weighted by Crippen LogP contribution is 2.53. The van der Waals surface area contributed by atoms with Crippen LogP contribution in [0.2, 0.25) is 0 Å². The number of hydrogen-bond acceptors (Lipinski definition) is 1. The standard InChI is InChI=1S/C61H42N2/c1-61(2)55-21-10-8-17-48(55)49-34-32-45(38-56(49)61)62(58-36-35-53-47-16-7-6-15-46(47)52-19-12-20-54(58)60(52)53)44-30-27-40(28-31-44)39-23-25-41(26-24-39)42-29-33-51-50-18-9-11-22-57(50)63(59(51)37-42)43-13-4-3-5-14-43/h3-38H,1-2H3. The van der Waals surface area contributed by atoms with Crippen molar-refractivity contribution in [2.75, 3.05) is 4.90 Å². The van der Waals surface area contributed by atoms with Crippen LogP contribution in [0.3, 0.4) is 0 Å². The highest BCUT2D eigenvalue weighted by atomic mass is 15.1. The second-order valence-electron chi connectivity index (χ2n) is 17.7. The van der Waals surface area contributed by atoms with Gasteiger partial charge in [-0.3, -0.25) is 0 Å². The summed E-state index contributed by atoms with van der Waals surface area (Å²) in [5.41, 5.74) is 22.4. The largest absolute Gasteiger partial charge is 0.310 e.